The number of fused-ring (bicyclic) bond motifs is 2. The molecule has 0 saturated carbocycles. The van der Waals surface area contributed by atoms with Crippen LogP contribution >= 0.6 is 0 Å². The summed E-state index contributed by atoms with van der Waals surface area (Å²) in [4.78, 5) is 10.1. The second kappa shape index (κ2) is 12.1. The molecule has 1 heterocycles. The van der Waals surface area contributed by atoms with Crippen molar-refractivity contribution in [3.05, 3.63) is 192 Å². The minimum atomic E-state index is -0.0306. The largest absolute Gasteiger partial charge is 0.315 e. The fourth-order valence-electron chi connectivity index (χ4n) is 8.52. The van der Waals surface area contributed by atoms with Crippen molar-refractivity contribution in [3.8, 4) is 0 Å². The fourth-order valence-corrected chi connectivity index (χ4v) is 8.52. The summed E-state index contributed by atoms with van der Waals surface area (Å²) in [6.07, 6.45) is 5.81. The molecule has 3 nitrogen and oxygen atoms in total. The maximum absolute atomic E-state index is 5.26. The van der Waals surface area contributed by atoms with Gasteiger partial charge in [0.2, 0.25) is 0 Å². The second-order valence-electron chi connectivity index (χ2n) is 14.0. The maximum Gasteiger partial charge on any atom is 0.134 e. The monoisotopic (exact) mass is 667 g/mol. The number of hydrogen-bond donors (Lipinski definition) is 0. The summed E-state index contributed by atoms with van der Waals surface area (Å²) >= 11 is 0. The SMILES string of the molecule is CC1=CC(N(c2ccccc2)c2ccc3ccccc3n2)C2=CCc3c(C)cc(N(c4ccccc4)c4ccc5ccccc5c4)c4ccc1c2c34. The average Bonchev–Trinajstić information content (AvgIpc) is 3.19. The van der Waals surface area contributed by atoms with Crippen LogP contribution in [0, 0.1) is 6.92 Å². The number of anilines is 5. The number of aryl methyl sites for hydroxylation is 1. The van der Waals surface area contributed by atoms with E-state index in [1.165, 1.54) is 60.6 Å². The highest BCUT2D eigenvalue weighted by molar-refractivity contribution is 6.12. The Morgan fingerprint density at radius 2 is 1.29 bits per heavy atom. The van der Waals surface area contributed by atoms with E-state index < -0.39 is 0 Å². The third-order valence-corrected chi connectivity index (χ3v) is 11.0. The first-order valence-electron chi connectivity index (χ1n) is 18.1. The molecule has 0 fully saturated rings. The smallest absolute Gasteiger partial charge is 0.134 e. The Morgan fingerprint density at radius 1 is 0.596 bits per heavy atom. The summed E-state index contributed by atoms with van der Waals surface area (Å²) in [5.41, 5.74) is 13.6. The molecule has 8 aromatic rings. The number of hydrogen-bond acceptors (Lipinski definition) is 3. The van der Waals surface area contributed by atoms with E-state index in [2.05, 4.69) is 194 Å². The van der Waals surface area contributed by atoms with Crippen molar-refractivity contribution in [2.24, 2.45) is 0 Å². The van der Waals surface area contributed by atoms with Crippen LogP contribution in [0.5, 0.6) is 0 Å². The highest BCUT2D eigenvalue weighted by Crippen LogP contribution is 2.50. The first-order chi connectivity index (χ1) is 25.6. The van der Waals surface area contributed by atoms with Gasteiger partial charge in [0.15, 0.2) is 0 Å². The van der Waals surface area contributed by atoms with E-state index in [-0.39, 0.29) is 6.04 Å². The zero-order valence-electron chi connectivity index (χ0n) is 29.3. The predicted molar refractivity (Wildman–Crippen MR) is 220 cm³/mol. The third-order valence-electron chi connectivity index (χ3n) is 11.0. The van der Waals surface area contributed by atoms with Crippen LogP contribution in [0.25, 0.3) is 43.6 Å². The average molecular weight is 668 g/mol. The van der Waals surface area contributed by atoms with Gasteiger partial charge in [-0.1, -0.05) is 109 Å². The molecule has 0 spiro atoms. The number of aromatic nitrogens is 1. The molecule has 248 valence electrons. The lowest BCUT2D eigenvalue weighted by Gasteiger charge is -2.39. The molecule has 10 rings (SSSR count). The van der Waals surface area contributed by atoms with Crippen molar-refractivity contribution < 1.29 is 0 Å². The zero-order chi connectivity index (χ0) is 34.8. The highest BCUT2D eigenvalue weighted by atomic mass is 15.2. The first kappa shape index (κ1) is 30.4. The molecule has 2 aliphatic carbocycles. The highest BCUT2D eigenvalue weighted by Gasteiger charge is 2.34. The van der Waals surface area contributed by atoms with Gasteiger partial charge >= 0.3 is 0 Å². The Kier molecular flexibility index (Phi) is 7.07. The number of allylic oxidation sites excluding steroid dienone is 2. The minimum Gasteiger partial charge on any atom is -0.315 e. The molecular weight excluding hydrogens is 631 g/mol. The van der Waals surface area contributed by atoms with Gasteiger partial charge in [0.25, 0.3) is 0 Å². The van der Waals surface area contributed by atoms with Gasteiger partial charge in [0, 0.05) is 27.8 Å². The molecule has 1 unspecified atom stereocenters. The molecule has 3 heteroatoms. The molecule has 0 aliphatic heterocycles. The van der Waals surface area contributed by atoms with Gasteiger partial charge in [-0.2, -0.15) is 0 Å². The summed E-state index contributed by atoms with van der Waals surface area (Å²) in [6, 6.07) is 56.9. The predicted octanol–water partition coefficient (Wildman–Crippen LogP) is 12.9. The molecular formula is C49H37N3. The lowest BCUT2D eigenvalue weighted by atomic mass is 9.75. The van der Waals surface area contributed by atoms with Crippen molar-refractivity contribution in [1.29, 1.82) is 0 Å². The molecule has 2 aliphatic rings. The molecule has 0 radical (unpaired) electrons. The van der Waals surface area contributed by atoms with Crippen LogP contribution in [0.4, 0.5) is 28.6 Å². The Hall–Kier alpha value is -6.45. The molecule has 7 aromatic carbocycles. The zero-order valence-corrected chi connectivity index (χ0v) is 29.3. The summed E-state index contributed by atoms with van der Waals surface area (Å²) in [6.45, 7) is 4.56. The van der Waals surface area contributed by atoms with E-state index in [0.29, 0.717) is 0 Å². The summed E-state index contributed by atoms with van der Waals surface area (Å²) in [7, 11) is 0. The van der Waals surface area contributed by atoms with Crippen LogP contribution in [0.2, 0.25) is 0 Å². The summed E-state index contributed by atoms with van der Waals surface area (Å²) in [5.74, 6) is 0.942. The van der Waals surface area contributed by atoms with Crippen molar-refractivity contribution in [2.45, 2.75) is 26.3 Å². The van der Waals surface area contributed by atoms with Gasteiger partial charge in [-0.15, -0.1) is 0 Å². The quantitative estimate of drug-likeness (QED) is 0.176. The van der Waals surface area contributed by atoms with Crippen molar-refractivity contribution in [1.82, 2.24) is 4.98 Å². The van der Waals surface area contributed by atoms with E-state index in [9.17, 15) is 0 Å². The Labute approximate surface area is 304 Å². The number of para-hydroxylation sites is 3. The minimum absolute atomic E-state index is 0.0306. The molecule has 0 N–H and O–H groups in total. The van der Waals surface area contributed by atoms with Crippen molar-refractivity contribution in [2.75, 3.05) is 9.80 Å². The van der Waals surface area contributed by atoms with Crippen LogP contribution in [-0.2, 0) is 6.42 Å². The van der Waals surface area contributed by atoms with Gasteiger partial charge in [-0.05, 0) is 130 Å². The van der Waals surface area contributed by atoms with Gasteiger partial charge in [-0.3, -0.25) is 0 Å². The van der Waals surface area contributed by atoms with Gasteiger partial charge in [0.05, 0.1) is 17.2 Å². The summed E-state index contributed by atoms with van der Waals surface area (Å²) in [5, 5.41) is 6.25. The normalized spacial score (nSPS) is 14.7. The van der Waals surface area contributed by atoms with E-state index >= 15 is 0 Å². The Balaban J connectivity index is 1.20. The van der Waals surface area contributed by atoms with Crippen molar-refractivity contribution >= 4 is 72.2 Å². The number of pyridine rings is 1. The van der Waals surface area contributed by atoms with Crippen LogP contribution < -0.4 is 9.80 Å². The second-order valence-corrected chi connectivity index (χ2v) is 14.0. The lowest BCUT2D eigenvalue weighted by Crippen LogP contribution is -2.34. The Bertz CT molecular complexity index is 2740. The topological polar surface area (TPSA) is 19.4 Å². The summed E-state index contributed by atoms with van der Waals surface area (Å²) < 4.78 is 0. The number of rotatable bonds is 6. The van der Waals surface area contributed by atoms with E-state index in [0.717, 1.165) is 40.2 Å². The third kappa shape index (κ3) is 4.85. The molecule has 52 heavy (non-hydrogen) atoms. The van der Waals surface area contributed by atoms with Crippen LogP contribution in [0.1, 0.15) is 29.2 Å². The molecule has 0 bridgehead atoms. The maximum atomic E-state index is 5.26. The van der Waals surface area contributed by atoms with E-state index in [1.54, 1.807) is 0 Å². The number of nitrogens with zero attached hydrogens (tertiary/aromatic N) is 3. The van der Waals surface area contributed by atoms with E-state index in [1.807, 2.05) is 0 Å². The standard InChI is InChI=1S/C49H37N3/c1-32-29-45(51(37-16-5-3-6-17-37)39-23-21-34-13-9-10-15-36(34)31-39)42-26-24-41-33(2)30-46(43-27-25-40(32)48(42)49(41)43)52(38-18-7-4-8-19-38)47-28-22-35-14-11-12-20-44(35)50-47/h3-24,26-31,46H,25H2,1-2H3. The van der Waals surface area contributed by atoms with Gasteiger partial charge in [-0.25, -0.2) is 4.98 Å². The number of benzene rings is 7. The van der Waals surface area contributed by atoms with Gasteiger partial charge < -0.3 is 9.80 Å². The van der Waals surface area contributed by atoms with Gasteiger partial charge in [0.1, 0.15) is 5.82 Å². The van der Waals surface area contributed by atoms with Crippen LogP contribution in [0.15, 0.2) is 170 Å². The molecule has 0 saturated heterocycles. The molecule has 1 aromatic heterocycles. The molecule has 1 atom stereocenters. The fraction of sp³-hybridized carbons (Fsp3) is 0.0816. The van der Waals surface area contributed by atoms with E-state index in [4.69, 9.17) is 4.98 Å². The Morgan fingerprint density at radius 3 is 2.10 bits per heavy atom. The van der Waals surface area contributed by atoms with Crippen molar-refractivity contribution in [3.63, 3.8) is 0 Å². The molecule has 0 amide bonds. The van der Waals surface area contributed by atoms with Crippen LogP contribution in [0.3, 0.4) is 0 Å². The lowest BCUT2D eigenvalue weighted by molar-refractivity contribution is 0.926. The van der Waals surface area contributed by atoms with Crippen LogP contribution in [-0.4, -0.2) is 11.0 Å². The first-order valence-corrected chi connectivity index (χ1v) is 18.1.